The summed E-state index contributed by atoms with van der Waals surface area (Å²) in [7, 11) is 0. The highest BCUT2D eigenvalue weighted by atomic mass is 32.1. The minimum absolute atomic E-state index is 0.349. The van der Waals surface area contributed by atoms with Gasteiger partial charge in [0.1, 0.15) is 0 Å². The number of carboxylic acid groups (broad SMARTS) is 1. The van der Waals surface area contributed by atoms with E-state index >= 15 is 0 Å². The van der Waals surface area contributed by atoms with Gasteiger partial charge in [-0.3, -0.25) is 0 Å². The topological polar surface area (TPSA) is 50.2 Å². The molecule has 3 nitrogen and oxygen atoms in total. The lowest BCUT2D eigenvalue weighted by Gasteiger charge is -1.94. The van der Waals surface area contributed by atoms with E-state index in [9.17, 15) is 4.79 Å². The number of aromatic nitrogens is 1. The Morgan fingerprint density at radius 3 is 3.00 bits per heavy atom. The Hall–Kier alpha value is -1.68. The number of rotatable bonds is 6. The van der Waals surface area contributed by atoms with Crippen molar-refractivity contribution >= 4 is 27.5 Å². The lowest BCUT2D eigenvalue weighted by Crippen LogP contribution is -1.95. The van der Waals surface area contributed by atoms with Crippen LogP contribution < -0.4 is 0 Å². The van der Waals surface area contributed by atoms with E-state index < -0.39 is 5.97 Å². The largest absolute Gasteiger partial charge is 0.478 e. The van der Waals surface area contributed by atoms with E-state index in [0.29, 0.717) is 5.56 Å². The predicted molar refractivity (Wildman–Crippen MR) is 74.3 cm³/mol. The van der Waals surface area contributed by atoms with Crippen molar-refractivity contribution in [3.63, 3.8) is 0 Å². The molecule has 0 saturated heterocycles. The molecule has 0 bridgehead atoms. The molecule has 0 saturated carbocycles. The lowest BCUT2D eigenvalue weighted by molar-refractivity contribution is 0.0699. The monoisotopic (exact) mass is 261 g/mol. The molecule has 0 aliphatic carbocycles. The number of benzene rings is 1. The number of nitrogens with zero attached hydrogens (tertiary/aromatic N) is 1. The van der Waals surface area contributed by atoms with Gasteiger partial charge in [0.05, 0.1) is 20.8 Å². The van der Waals surface area contributed by atoms with Gasteiger partial charge in [0, 0.05) is 0 Å². The molecule has 0 atom stereocenters. The van der Waals surface area contributed by atoms with Crippen LogP contribution in [0.15, 0.2) is 30.9 Å². The van der Waals surface area contributed by atoms with Gasteiger partial charge in [-0.2, -0.15) is 0 Å². The molecule has 1 heterocycles. The third-order valence-corrected chi connectivity index (χ3v) is 3.90. The van der Waals surface area contributed by atoms with Crippen molar-refractivity contribution in [3.8, 4) is 0 Å². The van der Waals surface area contributed by atoms with Crippen LogP contribution in [-0.2, 0) is 6.42 Å². The summed E-state index contributed by atoms with van der Waals surface area (Å²) in [6, 6.07) is 5.24. The van der Waals surface area contributed by atoms with Gasteiger partial charge in [0.2, 0.25) is 0 Å². The van der Waals surface area contributed by atoms with Gasteiger partial charge in [-0.25, -0.2) is 9.78 Å². The maximum atomic E-state index is 11.1. The first kappa shape index (κ1) is 12.8. The maximum absolute atomic E-state index is 11.1. The zero-order chi connectivity index (χ0) is 13.0. The van der Waals surface area contributed by atoms with E-state index in [1.54, 1.807) is 12.1 Å². The molecule has 4 heteroatoms. The van der Waals surface area contributed by atoms with Crippen LogP contribution in [0.1, 0.15) is 34.6 Å². The van der Waals surface area contributed by atoms with Crippen LogP contribution in [0.25, 0.3) is 10.2 Å². The Morgan fingerprint density at radius 1 is 1.44 bits per heavy atom. The molecule has 2 rings (SSSR count). The molecule has 0 amide bonds. The molecular formula is C14H15NO2S. The summed E-state index contributed by atoms with van der Waals surface area (Å²) in [4.78, 5) is 15.6. The Balaban J connectivity index is 2.19. The quantitative estimate of drug-likeness (QED) is 0.634. The summed E-state index contributed by atoms with van der Waals surface area (Å²) in [5.41, 5.74) is 1.14. The minimum atomic E-state index is -0.887. The van der Waals surface area contributed by atoms with E-state index in [0.717, 1.165) is 40.9 Å². The number of carbonyl (C=O) groups is 1. The lowest BCUT2D eigenvalue weighted by atomic mass is 10.2. The van der Waals surface area contributed by atoms with Crippen molar-refractivity contribution in [3.05, 3.63) is 41.4 Å². The Bertz CT molecular complexity index is 574. The molecule has 1 N–H and O–H groups in total. The van der Waals surface area contributed by atoms with Crippen LogP contribution in [-0.4, -0.2) is 16.1 Å². The zero-order valence-electron chi connectivity index (χ0n) is 10.1. The van der Waals surface area contributed by atoms with Gasteiger partial charge >= 0.3 is 5.97 Å². The summed E-state index contributed by atoms with van der Waals surface area (Å²) in [5.74, 6) is -0.887. The number of fused-ring (bicyclic) bond motifs is 1. The average molecular weight is 261 g/mol. The fourth-order valence-corrected chi connectivity index (χ4v) is 2.94. The van der Waals surface area contributed by atoms with Crippen molar-refractivity contribution in [2.45, 2.75) is 25.7 Å². The van der Waals surface area contributed by atoms with Crippen molar-refractivity contribution in [2.24, 2.45) is 0 Å². The fraction of sp³-hybridized carbons (Fsp3) is 0.286. The Kier molecular flexibility index (Phi) is 4.10. The first-order chi connectivity index (χ1) is 8.72. The van der Waals surface area contributed by atoms with Crippen LogP contribution in [0, 0.1) is 0 Å². The second-order valence-corrected chi connectivity index (χ2v) is 5.18. The number of hydrogen-bond acceptors (Lipinski definition) is 3. The summed E-state index contributed by atoms with van der Waals surface area (Å²) in [6.07, 6.45) is 6.01. The predicted octanol–water partition coefficient (Wildman–Crippen LogP) is 3.89. The smallest absolute Gasteiger partial charge is 0.337 e. The molecule has 0 aliphatic heterocycles. The number of aryl methyl sites for hydroxylation is 1. The van der Waals surface area contributed by atoms with Crippen molar-refractivity contribution in [1.82, 2.24) is 4.98 Å². The first-order valence-electron chi connectivity index (χ1n) is 5.95. The van der Waals surface area contributed by atoms with Crippen molar-refractivity contribution in [2.75, 3.05) is 0 Å². The molecule has 0 radical (unpaired) electrons. The van der Waals surface area contributed by atoms with Crippen molar-refractivity contribution in [1.29, 1.82) is 0 Å². The third-order valence-electron chi connectivity index (χ3n) is 2.74. The van der Waals surface area contributed by atoms with E-state index in [-0.39, 0.29) is 0 Å². The van der Waals surface area contributed by atoms with Gasteiger partial charge < -0.3 is 5.11 Å². The number of thiazole rings is 1. The van der Waals surface area contributed by atoms with Crippen LogP contribution in [0.4, 0.5) is 0 Å². The molecule has 94 valence electrons. The van der Waals surface area contributed by atoms with Crippen LogP contribution in [0.2, 0.25) is 0 Å². The average Bonchev–Trinajstić information content (AvgIpc) is 2.76. The third kappa shape index (κ3) is 2.76. The maximum Gasteiger partial charge on any atom is 0.337 e. The molecule has 0 aliphatic rings. The summed E-state index contributed by atoms with van der Waals surface area (Å²) in [5, 5.41) is 10.1. The highest BCUT2D eigenvalue weighted by molar-refractivity contribution is 7.19. The van der Waals surface area contributed by atoms with Gasteiger partial charge in [-0.05, 0) is 37.8 Å². The molecule has 1 aromatic heterocycles. The molecule has 0 unspecified atom stereocenters. The van der Waals surface area contributed by atoms with Gasteiger partial charge in [0.25, 0.3) is 0 Å². The summed E-state index contributed by atoms with van der Waals surface area (Å²) < 4.78 is 0.781. The Morgan fingerprint density at radius 2 is 2.28 bits per heavy atom. The number of aromatic carboxylic acids is 1. The van der Waals surface area contributed by atoms with Crippen molar-refractivity contribution < 1.29 is 9.90 Å². The minimum Gasteiger partial charge on any atom is -0.478 e. The fourth-order valence-electron chi connectivity index (χ4n) is 1.84. The summed E-state index contributed by atoms with van der Waals surface area (Å²) in [6.45, 7) is 3.69. The van der Waals surface area contributed by atoms with E-state index in [2.05, 4.69) is 11.6 Å². The highest BCUT2D eigenvalue weighted by Gasteiger charge is 2.12. The van der Waals surface area contributed by atoms with Gasteiger partial charge in [-0.15, -0.1) is 17.9 Å². The Labute approximate surface area is 110 Å². The molecule has 1 aromatic carbocycles. The molecule has 18 heavy (non-hydrogen) atoms. The van der Waals surface area contributed by atoms with Crippen LogP contribution in [0.5, 0.6) is 0 Å². The zero-order valence-corrected chi connectivity index (χ0v) is 10.9. The molecule has 0 fully saturated rings. The second-order valence-electron chi connectivity index (χ2n) is 4.10. The number of carboxylic acids is 1. The summed E-state index contributed by atoms with van der Waals surface area (Å²) >= 11 is 1.49. The molecular weight excluding hydrogens is 246 g/mol. The van der Waals surface area contributed by atoms with E-state index in [1.807, 2.05) is 12.1 Å². The first-order valence-corrected chi connectivity index (χ1v) is 6.76. The van der Waals surface area contributed by atoms with Crippen LogP contribution in [0.3, 0.4) is 0 Å². The van der Waals surface area contributed by atoms with Crippen LogP contribution >= 0.6 is 11.3 Å². The van der Waals surface area contributed by atoms with E-state index in [1.165, 1.54) is 11.3 Å². The number of unbranched alkanes of at least 4 members (excludes halogenated alkanes) is 2. The SMILES string of the molecule is C=CCCCCc1nc2cccc(C(=O)O)c2s1. The standard InChI is InChI=1S/C14H15NO2S/c1-2-3-4-5-9-12-15-11-8-6-7-10(14(16)17)13(11)18-12/h2,6-8H,1,3-5,9H2,(H,16,17). The molecule has 2 aromatic rings. The number of hydrogen-bond donors (Lipinski definition) is 1. The van der Waals surface area contributed by atoms with E-state index in [4.69, 9.17) is 5.11 Å². The second kappa shape index (κ2) is 5.78. The normalized spacial score (nSPS) is 10.7. The number of allylic oxidation sites excluding steroid dienone is 1. The highest BCUT2D eigenvalue weighted by Crippen LogP contribution is 2.26. The van der Waals surface area contributed by atoms with Gasteiger partial charge in [0.15, 0.2) is 0 Å². The van der Waals surface area contributed by atoms with Gasteiger partial charge in [-0.1, -0.05) is 12.1 Å². The molecule has 0 spiro atoms.